The number of hydrogen-bond donors (Lipinski definition) is 1. The zero-order valence-corrected chi connectivity index (χ0v) is 9.55. The molecule has 0 aliphatic carbocycles. The smallest absolute Gasteiger partial charge is 0.240 e. The van der Waals surface area contributed by atoms with Gasteiger partial charge in [0.2, 0.25) is 5.91 Å². The number of aromatic nitrogens is 3. The van der Waals surface area contributed by atoms with Gasteiger partial charge in [-0.3, -0.25) is 14.8 Å². The fourth-order valence-electron chi connectivity index (χ4n) is 1.24. The normalized spacial score (nSPS) is 9.94. The summed E-state index contributed by atoms with van der Waals surface area (Å²) in [7, 11) is 0. The van der Waals surface area contributed by atoms with E-state index in [2.05, 4.69) is 20.3 Å². The minimum atomic E-state index is -0.286. The van der Waals surface area contributed by atoms with Crippen molar-refractivity contribution in [3.05, 3.63) is 36.9 Å². The van der Waals surface area contributed by atoms with Gasteiger partial charge in [-0.25, -0.2) is 4.98 Å². The summed E-state index contributed by atoms with van der Waals surface area (Å²) in [4.78, 5) is 23.2. The first-order valence-electron chi connectivity index (χ1n) is 4.88. The molecule has 5 nitrogen and oxygen atoms in total. The molecule has 0 saturated carbocycles. The lowest BCUT2D eigenvalue weighted by molar-refractivity contribution is -0.113. The first kappa shape index (κ1) is 11.5. The van der Waals surface area contributed by atoms with E-state index < -0.39 is 0 Å². The quantitative estimate of drug-likeness (QED) is 0.840. The van der Waals surface area contributed by atoms with Crippen LogP contribution in [0.5, 0.6) is 0 Å². The van der Waals surface area contributed by atoms with Crippen LogP contribution >= 0.6 is 11.6 Å². The number of hydrogen-bond acceptors (Lipinski definition) is 4. The van der Waals surface area contributed by atoms with Crippen LogP contribution in [0.3, 0.4) is 0 Å². The highest BCUT2D eigenvalue weighted by molar-refractivity contribution is 6.28. The summed E-state index contributed by atoms with van der Waals surface area (Å²) in [5.74, 6) is 0.0860. The molecule has 0 fully saturated rings. The molecule has 2 heterocycles. The average molecular weight is 249 g/mol. The first-order chi connectivity index (χ1) is 8.29. The van der Waals surface area contributed by atoms with E-state index in [1.54, 1.807) is 36.9 Å². The van der Waals surface area contributed by atoms with Crippen LogP contribution in [0.1, 0.15) is 0 Å². The number of carbonyl (C=O) groups excluding carboxylic acids is 1. The van der Waals surface area contributed by atoms with E-state index in [-0.39, 0.29) is 11.8 Å². The molecule has 86 valence electrons. The zero-order chi connectivity index (χ0) is 12.1. The van der Waals surface area contributed by atoms with Crippen LogP contribution in [0, 0.1) is 0 Å². The number of nitrogens with one attached hydrogen (secondary N) is 1. The van der Waals surface area contributed by atoms with Gasteiger partial charge in [-0.15, -0.1) is 11.6 Å². The summed E-state index contributed by atoms with van der Waals surface area (Å²) in [5.41, 5.74) is 1.57. The van der Waals surface area contributed by atoms with Crippen molar-refractivity contribution < 1.29 is 4.79 Å². The third-order valence-corrected chi connectivity index (χ3v) is 2.25. The molecular formula is C11H9ClN4O. The zero-order valence-electron chi connectivity index (χ0n) is 8.80. The molecule has 6 heteroatoms. The molecule has 0 radical (unpaired) electrons. The summed E-state index contributed by atoms with van der Waals surface area (Å²) in [6, 6.07) is 3.50. The van der Waals surface area contributed by atoms with E-state index in [1.165, 1.54) is 0 Å². The highest BCUT2D eigenvalue weighted by Crippen LogP contribution is 2.15. The number of rotatable bonds is 3. The van der Waals surface area contributed by atoms with E-state index >= 15 is 0 Å². The predicted molar refractivity (Wildman–Crippen MR) is 64.6 cm³/mol. The second-order valence-electron chi connectivity index (χ2n) is 3.20. The third-order valence-electron chi connectivity index (χ3n) is 2.01. The number of pyridine rings is 1. The number of nitrogens with zero attached hydrogens (tertiary/aromatic N) is 3. The molecule has 0 saturated heterocycles. The molecule has 0 aliphatic rings. The molecule has 2 aromatic rings. The van der Waals surface area contributed by atoms with Crippen molar-refractivity contribution in [1.29, 1.82) is 0 Å². The third kappa shape index (κ3) is 2.98. The lowest BCUT2D eigenvalue weighted by Crippen LogP contribution is -2.13. The van der Waals surface area contributed by atoms with Crippen molar-refractivity contribution in [3.63, 3.8) is 0 Å². The van der Waals surface area contributed by atoms with Gasteiger partial charge in [-0.2, -0.15) is 0 Å². The summed E-state index contributed by atoms with van der Waals surface area (Å²) in [6.07, 6.45) is 6.48. The van der Waals surface area contributed by atoms with Gasteiger partial charge in [-0.1, -0.05) is 0 Å². The van der Waals surface area contributed by atoms with Crippen molar-refractivity contribution >= 4 is 23.3 Å². The lowest BCUT2D eigenvalue weighted by atomic mass is 10.2. The second kappa shape index (κ2) is 5.36. The van der Waals surface area contributed by atoms with Crippen molar-refractivity contribution in [2.24, 2.45) is 0 Å². The molecule has 0 aromatic carbocycles. The molecule has 0 spiro atoms. The molecule has 2 aromatic heterocycles. The van der Waals surface area contributed by atoms with Gasteiger partial charge in [0.05, 0.1) is 11.9 Å². The van der Waals surface area contributed by atoms with E-state index in [0.717, 1.165) is 11.3 Å². The van der Waals surface area contributed by atoms with E-state index in [9.17, 15) is 4.79 Å². The average Bonchev–Trinajstić information content (AvgIpc) is 2.40. The Balaban J connectivity index is 2.16. The Labute approximate surface area is 103 Å². The molecule has 2 rings (SSSR count). The number of carbonyl (C=O) groups is 1. The van der Waals surface area contributed by atoms with E-state index in [1.807, 2.05) is 0 Å². The number of anilines is 1. The van der Waals surface area contributed by atoms with Crippen molar-refractivity contribution in [3.8, 4) is 11.3 Å². The van der Waals surface area contributed by atoms with Gasteiger partial charge >= 0.3 is 0 Å². The van der Waals surface area contributed by atoms with Crippen LogP contribution in [0.15, 0.2) is 36.9 Å². The SMILES string of the molecule is O=C(CCl)Nc1ccc(-c2cnccn2)cn1. The van der Waals surface area contributed by atoms with Crippen LogP contribution in [-0.2, 0) is 4.79 Å². The van der Waals surface area contributed by atoms with Crippen LogP contribution in [0.25, 0.3) is 11.3 Å². The Morgan fingerprint density at radius 2 is 2.12 bits per heavy atom. The maximum atomic E-state index is 11.0. The maximum Gasteiger partial charge on any atom is 0.240 e. The molecule has 0 aliphatic heterocycles. The van der Waals surface area contributed by atoms with Crippen LogP contribution in [0.4, 0.5) is 5.82 Å². The minimum absolute atomic E-state index is 0.0897. The first-order valence-corrected chi connectivity index (χ1v) is 5.41. The number of amides is 1. The summed E-state index contributed by atoms with van der Waals surface area (Å²) in [5, 5.41) is 2.55. The van der Waals surface area contributed by atoms with Crippen LogP contribution < -0.4 is 5.32 Å². The molecule has 0 atom stereocenters. The van der Waals surface area contributed by atoms with Gasteiger partial charge in [-0.05, 0) is 12.1 Å². The highest BCUT2D eigenvalue weighted by Gasteiger charge is 2.02. The number of halogens is 1. The molecule has 1 amide bonds. The minimum Gasteiger partial charge on any atom is -0.310 e. The van der Waals surface area contributed by atoms with E-state index in [0.29, 0.717) is 5.82 Å². The Kier molecular flexibility index (Phi) is 3.62. The predicted octanol–water partition coefficient (Wildman–Crippen LogP) is 1.72. The Morgan fingerprint density at radius 3 is 2.71 bits per heavy atom. The monoisotopic (exact) mass is 248 g/mol. The van der Waals surface area contributed by atoms with Gasteiger partial charge in [0.1, 0.15) is 11.7 Å². The largest absolute Gasteiger partial charge is 0.310 e. The van der Waals surface area contributed by atoms with Crippen molar-refractivity contribution in [2.45, 2.75) is 0 Å². The molecule has 17 heavy (non-hydrogen) atoms. The van der Waals surface area contributed by atoms with Crippen LogP contribution in [0.2, 0.25) is 0 Å². The lowest BCUT2D eigenvalue weighted by Gasteiger charge is -2.03. The Morgan fingerprint density at radius 1 is 1.24 bits per heavy atom. The van der Waals surface area contributed by atoms with Gasteiger partial charge in [0.15, 0.2) is 0 Å². The van der Waals surface area contributed by atoms with Crippen LogP contribution in [-0.4, -0.2) is 26.7 Å². The fraction of sp³-hybridized carbons (Fsp3) is 0.0909. The van der Waals surface area contributed by atoms with Gasteiger partial charge in [0.25, 0.3) is 0 Å². The Bertz CT molecular complexity index is 501. The van der Waals surface area contributed by atoms with Gasteiger partial charge < -0.3 is 5.32 Å². The van der Waals surface area contributed by atoms with Crippen molar-refractivity contribution in [2.75, 3.05) is 11.2 Å². The summed E-state index contributed by atoms with van der Waals surface area (Å²) < 4.78 is 0. The summed E-state index contributed by atoms with van der Waals surface area (Å²) >= 11 is 5.37. The molecular weight excluding hydrogens is 240 g/mol. The summed E-state index contributed by atoms with van der Waals surface area (Å²) in [6.45, 7) is 0. The molecule has 0 bridgehead atoms. The molecule has 1 N–H and O–H groups in total. The molecule has 0 unspecified atom stereocenters. The number of alkyl halides is 1. The standard InChI is InChI=1S/C11H9ClN4O/c12-5-11(17)16-10-2-1-8(6-15-10)9-7-13-3-4-14-9/h1-4,6-7H,5H2,(H,15,16,17). The van der Waals surface area contributed by atoms with E-state index in [4.69, 9.17) is 11.6 Å². The topological polar surface area (TPSA) is 67.8 Å². The van der Waals surface area contributed by atoms with Crippen molar-refractivity contribution in [1.82, 2.24) is 15.0 Å². The van der Waals surface area contributed by atoms with Gasteiger partial charge in [0, 0.05) is 24.2 Å². The Hall–Kier alpha value is -2.01. The highest BCUT2D eigenvalue weighted by atomic mass is 35.5. The second-order valence-corrected chi connectivity index (χ2v) is 3.47. The fourth-order valence-corrected chi connectivity index (χ4v) is 1.31. The maximum absolute atomic E-state index is 11.0.